The fourth-order valence-electron chi connectivity index (χ4n) is 3.23. The van der Waals surface area contributed by atoms with Crippen LogP contribution in [0, 0.1) is 0 Å². The van der Waals surface area contributed by atoms with Crippen molar-refractivity contribution in [2.24, 2.45) is 0 Å². The van der Waals surface area contributed by atoms with Gasteiger partial charge in [-0.2, -0.15) is 4.31 Å². The number of thioether (sulfide) groups is 1. The van der Waals surface area contributed by atoms with E-state index in [2.05, 4.69) is 4.98 Å². The lowest BCUT2D eigenvalue weighted by Crippen LogP contribution is -2.33. The van der Waals surface area contributed by atoms with Crippen LogP contribution in [0.3, 0.4) is 0 Å². The number of likely N-dealkylation sites (tertiary alicyclic amines) is 1. The summed E-state index contributed by atoms with van der Waals surface area (Å²) in [5.74, 6) is 0.494. The zero-order chi connectivity index (χ0) is 17.7. The fraction of sp³-hybridized carbons (Fsp3) is 0.647. The molecule has 0 saturated carbocycles. The van der Waals surface area contributed by atoms with Gasteiger partial charge in [-0.3, -0.25) is 4.79 Å². The molecule has 0 aromatic carbocycles. The summed E-state index contributed by atoms with van der Waals surface area (Å²) in [5, 5.41) is 0.684. The molecular formula is C17H25N3O3S2. The minimum Gasteiger partial charge on any atom is -0.342 e. The number of rotatable bonds is 5. The predicted molar refractivity (Wildman–Crippen MR) is 98.0 cm³/mol. The molecule has 2 aliphatic heterocycles. The molecule has 2 saturated heterocycles. The number of hydrogen-bond donors (Lipinski definition) is 0. The van der Waals surface area contributed by atoms with Crippen LogP contribution in [0.4, 0.5) is 0 Å². The van der Waals surface area contributed by atoms with E-state index in [1.165, 1.54) is 35.1 Å². The van der Waals surface area contributed by atoms with Crippen molar-refractivity contribution in [3.05, 3.63) is 18.3 Å². The van der Waals surface area contributed by atoms with Crippen LogP contribution >= 0.6 is 11.8 Å². The normalized spacial score (nSPS) is 19.8. The number of hydrogen-bond acceptors (Lipinski definition) is 5. The van der Waals surface area contributed by atoms with Gasteiger partial charge in [0.05, 0.1) is 10.8 Å². The third-order valence-corrected chi connectivity index (χ3v) is 7.53. The molecule has 0 bridgehead atoms. The Hall–Kier alpha value is -1.12. The second-order valence-electron chi connectivity index (χ2n) is 6.53. The highest BCUT2D eigenvalue weighted by atomic mass is 32.2. The lowest BCUT2D eigenvalue weighted by Gasteiger charge is -2.19. The van der Waals surface area contributed by atoms with E-state index in [1.54, 1.807) is 12.1 Å². The molecule has 3 heterocycles. The predicted octanol–water partition coefficient (Wildman–Crippen LogP) is 2.36. The number of pyridine rings is 1. The van der Waals surface area contributed by atoms with Crippen molar-refractivity contribution >= 4 is 27.7 Å². The molecular weight excluding hydrogens is 358 g/mol. The average Bonchev–Trinajstić information content (AvgIpc) is 3.04. The molecule has 8 heteroatoms. The molecule has 0 aliphatic carbocycles. The molecule has 0 atom stereocenters. The van der Waals surface area contributed by atoms with Crippen LogP contribution < -0.4 is 0 Å². The maximum Gasteiger partial charge on any atom is 0.244 e. The topological polar surface area (TPSA) is 70.6 Å². The number of aromatic nitrogens is 1. The quantitative estimate of drug-likeness (QED) is 0.730. The number of carbonyl (C=O) groups excluding carboxylic acids is 1. The standard InChI is InChI=1S/C17H25N3O3S2/c21-17(19-9-3-1-2-4-10-19)14-24-16-8-7-15(13-18-16)25(22,23)20-11-5-6-12-20/h7-8,13H,1-6,9-12,14H2. The second-order valence-corrected chi connectivity index (χ2v) is 9.46. The van der Waals surface area contributed by atoms with Crippen LogP contribution in [-0.2, 0) is 14.8 Å². The first kappa shape index (κ1) is 18.7. The summed E-state index contributed by atoms with van der Waals surface area (Å²) in [6.45, 7) is 2.87. The molecule has 1 aromatic heterocycles. The summed E-state index contributed by atoms with van der Waals surface area (Å²) in [4.78, 5) is 18.7. The summed E-state index contributed by atoms with van der Waals surface area (Å²) in [6, 6.07) is 3.29. The Morgan fingerprint density at radius 2 is 1.64 bits per heavy atom. The van der Waals surface area contributed by atoms with Crippen LogP contribution in [0.2, 0.25) is 0 Å². The van der Waals surface area contributed by atoms with Crippen molar-refractivity contribution in [2.75, 3.05) is 31.9 Å². The monoisotopic (exact) mass is 383 g/mol. The zero-order valence-electron chi connectivity index (χ0n) is 14.4. The van der Waals surface area contributed by atoms with Gasteiger partial charge in [-0.05, 0) is 37.8 Å². The highest BCUT2D eigenvalue weighted by molar-refractivity contribution is 7.99. The van der Waals surface area contributed by atoms with Gasteiger partial charge in [0.25, 0.3) is 0 Å². The molecule has 138 valence electrons. The van der Waals surface area contributed by atoms with E-state index in [0.29, 0.717) is 23.9 Å². The minimum absolute atomic E-state index is 0.141. The fourth-order valence-corrected chi connectivity index (χ4v) is 5.44. The van der Waals surface area contributed by atoms with Gasteiger partial charge in [-0.25, -0.2) is 13.4 Å². The zero-order valence-corrected chi connectivity index (χ0v) is 16.0. The summed E-state index contributed by atoms with van der Waals surface area (Å²) in [5.41, 5.74) is 0. The first-order valence-corrected chi connectivity index (χ1v) is 11.4. The SMILES string of the molecule is O=C(CSc1ccc(S(=O)(=O)N2CCCC2)cn1)N1CCCCCC1. The average molecular weight is 384 g/mol. The van der Waals surface area contributed by atoms with Crippen molar-refractivity contribution in [3.8, 4) is 0 Å². The Bertz CT molecular complexity index is 678. The van der Waals surface area contributed by atoms with Crippen LogP contribution in [-0.4, -0.2) is 60.4 Å². The van der Waals surface area contributed by atoms with Crippen LogP contribution in [0.5, 0.6) is 0 Å². The van der Waals surface area contributed by atoms with Gasteiger partial charge in [0.15, 0.2) is 0 Å². The number of sulfonamides is 1. The van der Waals surface area contributed by atoms with Crippen LogP contribution in [0.15, 0.2) is 28.3 Å². The lowest BCUT2D eigenvalue weighted by atomic mass is 10.2. The Kier molecular flexibility index (Phi) is 6.35. The van der Waals surface area contributed by atoms with E-state index < -0.39 is 10.0 Å². The number of amides is 1. The molecule has 0 spiro atoms. The van der Waals surface area contributed by atoms with E-state index in [1.807, 2.05) is 4.90 Å². The Morgan fingerprint density at radius 3 is 2.24 bits per heavy atom. The van der Waals surface area contributed by atoms with Gasteiger partial charge in [0, 0.05) is 32.4 Å². The molecule has 0 radical (unpaired) electrons. The smallest absolute Gasteiger partial charge is 0.244 e. The van der Waals surface area contributed by atoms with Crippen molar-refractivity contribution in [3.63, 3.8) is 0 Å². The molecule has 2 fully saturated rings. The second kappa shape index (κ2) is 8.51. The number of nitrogens with zero attached hydrogens (tertiary/aromatic N) is 3. The minimum atomic E-state index is -3.42. The van der Waals surface area contributed by atoms with Crippen molar-refractivity contribution in [1.29, 1.82) is 0 Å². The van der Waals surface area contributed by atoms with Crippen LogP contribution in [0.1, 0.15) is 38.5 Å². The molecule has 1 aromatic rings. The van der Waals surface area contributed by atoms with Crippen LogP contribution in [0.25, 0.3) is 0 Å². The van der Waals surface area contributed by atoms with Crippen molar-refractivity contribution in [2.45, 2.75) is 48.4 Å². The largest absolute Gasteiger partial charge is 0.342 e. The maximum atomic E-state index is 12.5. The third-order valence-electron chi connectivity index (χ3n) is 4.71. The molecule has 2 aliphatic rings. The lowest BCUT2D eigenvalue weighted by molar-refractivity contribution is -0.128. The van der Waals surface area contributed by atoms with Gasteiger partial charge < -0.3 is 4.90 Å². The summed E-state index contributed by atoms with van der Waals surface area (Å²) >= 11 is 1.37. The first-order valence-electron chi connectivity index (χ1n) is 8.94. The summed E-state index contributed by atoms with van der Waals surface area (Å²) in [6.07, 6.45) is 7.80. The van der Waals surface area contributed by atoms with E-state index in [-0.39, 0.29) is 10.8 Å². The summed E-state index contributed by atoms with van der Waals surface area (Å²) < 4.78 is 26.5. The van der Waals surface area contributed by atoms with E-state index in [4.69, 9.17) is 0 Å². The van der Waals surface area contributed by atoms with E-state index in [9.17, 15) is 13.2 Å². The van der Waals surface area contributed by atoms with Gasteiger partial charge in [-0.15, -0.1) is 0 Å². The Balaban J connectivity index is 1.56. The van der Waals surface area contributed by atoms with Gasteiger partial charge in [0.2, 0.25) is 15.9 Å². The molecule has 6 nitrogen and oxygen atoms in total. The van der Waals surface area contributed by atoms with Gasteiger partial charge >= 0.3 is 0 Å². The highest BCUT2D eigenvalue weighted by Crippen LogP contribution is 2.23. The first-order chi connectivity index (χ1) is 12.1. The highest BCUT2D eigenvalue weighted by Gasteiger charge is 2.27. The van der Waals surface area contributed by atoms with Crippen molar-refractivity contribution < 1.29 is 13.2 Å². The van der Waals surface area contributed by atoms with Crippen molar-refractivity contribution in [1.82, 2.24) is 14.2 Å². The van der Waals surface area contributed by atoms with E-state index in [0.717, 1.165) is 38.8 Å². The molecule has 25 heavy (non-hydrogen) atoms. The third kappa shape index (κ3) is 4.74. The molecule has 1 amide bonds. The Labute approximate surface area is 154 Å². The molecule has 0 N–H and O–H groups in total. The number of carbonyl (C=O) groups is 1. The van der Waals surface area contributed by atoms with E-state index >= 15 is 0 Å². The van der Waals surface area contributed by atoms with Gasteiger partial charge in [-0.1, -0.05) is 24.6 Å². The molecule has 0 unspecified atom stereocenters. The van der Waals surface area contributed by atoms with Gasteiger partial charge in [0.1, 0.15) is 4.90 Å². The Morgan fingerprint density at radius 1 is 1.00 bits per heavy atom. The maximum absolute atomic E-state index is 12.5. The summed E-state index contributed by atoms with van der Waals surface area (Å²) in [7, 11) is -3.42. The molecule has 3 rings (SSSR count).